The lowest BCUT2D eigenvalue weighted by atomic mass is 9.54. The molecule has 0 unspecified atom stereocenters. The first-order valence-corrected chi connectivity index (χ1v) is 11.2. The van der Waals surface area contributed by atoms with Crippen molar-refractivity contribution in [2.45, 2.75) is 38.1 Å². The largest absolute Gasteiger partial charge is 0.335 e. The number of fused-ring (bicyclic) bond motifs is 1. The van der Waals surface area contributed by atoms with Crippen molar-refractivity contribution < 1.29 is 4.79 Å². The molecule has 4 bridgehead atoms. The van der Waals surface area contributed by atoms with Crippen LogP contribution in [-0.4, -0.2) is 58.1 Å². The van der Waals surface area contributed by atoms with Crippen molar-refractivity contribution in [2.75, 3.05) is 26.2 Å². The third kappa shape index (κ3) is 2.83. The number of hydrogen-bond acceptors (Lipinski definition) is 4. The van der Waals surface area contributed by atoms with Gasteiger partial charge in [0.2, 0.25) is 0 Å². The molecular weight excluding hydrogens is 364 g/mol. The van der Waals surface area contributed by atoms with Gasteiger partial charge in [-0.3, -0.25) is 14.5 Å². The summed E-state index contributed by atoms with van der Waals surface area (Å²) in [5, 5.41) is 7.77. The predicted octanol–water partition coefficient (Wildman–Crippen LogP) is 2.51. The van der Waals surface area contributed by atoms with E-state index < -0.39 is 0 Å². The molecule has 29 heavy (non-hydrogen) atoms. The van der Waals surface area contributed by atoms with Gasteiger partial charge in [0, 0.05) is 37.6 Å². The van der Waals surface area contributed by atoms with E-state index in [0.717, 1.165) is 55.9 Å². The Labute approximate surface area is 170 Å². The van der Waals surface area contributed by atoms with Crippen LogP contribution in [0.1, 0.15) is 42.6 Å². The molecule has 1 aromatic heterocycles. The SMILES string of the molecule is O=C(c1n[nH]c(=O)c2ccccc12)N1CCN(C2C3CC4CC(C3)CC2C4)CC1. The zero-order valence-corrected chi connectivity index (χ0v) is 16.7. The molecule has 1 N–H and O–H groups in total. The molecule has 4 saturated carbocycles. The fraction of sp³-hybridized carbons (Fsp3) is 0.609. The van der Waals surface area contributed by atoms with Crippen molar-refractivity contribution in [2.24, 2.45) is 23.7 Å². The highest BCUT2D eigenvalue weighted by molar-refractivity contribution is 6.04. The average Bonchev–Trinajstić information content (AvgIpc) is 2.74. The molecule has 1 aromatic carbocycles. The summed E-state index contributed by atoms with van der Waals surface area (Å²) in [7, 11) is 0. The second kappa shape index (κ2) is 6.66. The molecule has 5 fully saturated rings. The van der Waals surface area contributed by atoms with Gasteiger partial charge < -0.3 is 4.90 Å². The number of rotatable bonds is 2. The van der Waals surface area contributed by atoms with Crippen molar-refractivity contribution >= 4 is 16.7 Å². The molecule has 2 aromatic rings. The van der Waals surface area contributed by atoms with Crippen molar-refractivity contribution in [3.05, 3.63) is 40.3 Å². The Kier molecular flexibility index (Phi) is 4.05. The molecule has 1 amide bonds. The third-order valence-corrected chi connectivity index (χ3v) is 8.10. The zero-order valence-electron chi connectivity index (χ0n) is 16.7. The van der Waals surface area contributed by atoms with E-state index in [-0.39, 0.29) is 11.5 Å². The van der Waals surface area contributed by atoms with Gasteiger partial charge in [-0.25, -0.2) is 5.10 Å². The van der Waals surface area contributed by atoms with Crippen molar-refractivity contribution in [3.8, 4) is 0 Å². The van der Waals surface area contributed by atoms with Crippen LogP contribution < -0.4 is 5.56 Å². The number of nitrogens with one attached hydrogen (secondary N) is 1. The molecule has 0 radical (unpaired) electrons. The number of H-pyrrole nitrogens is 1. The second-order valence-electron chi connectivity index (χ2n) is 9.70. The normalized spacial score (nSPS) is 34.1. The highest BCUT2D eigenvalue weighted by Gasteiger charge is 2.50. The lowest BCUT2D eigenvalue weighted by Crippen LogP contribution is -2.60. The van der Waals surface area contributed by atoms with E-state index in [1.165, 1.54) is 32.1 Å². The standard InChI is InChI=1S/C23H28N4O2/c28-22-19-4-2-1-3-18(19)20(24-25-22)23(29)27-7-5-26(6-8-27)21-16-10-14-9-15(12-16)13-17(21)11-14/h1-4,14-17,21H,5-13H2,(H,25,28). The smallest absolute Gasteiger partial charge is 0.275 e. The lowest BCUT2D eigenvalue weighted by molar-refractivity contribution is -0.0743. The quantitative estimate of drug-likeness (QED) is 0.853. The number of amides is 1. The fourth-order valence-electron chi connectivity index (χ4n) is 7.14. The molecule has 1 aliphatic heterocycles. The summed E-state index contributed by atoms with van der Waals surface area (Å²) in [6.07, 6.45) is 7.23. The van der Waals surface area contributed by atoms with Gasteiger partial charge in [-0.05, 0) is 61.8 Å². The molecule has 6 heteroatoms. The third-order valence-electron chi connectivity index (χ3n) is 8.10. The number of carbonyl (C=O) groups is 1. The monoisotopic (exact) mass is 392 g/mol. The van der Waals surface area contributed by atoms with Crippen LogP contribution >= 0.6 is 0 Å². The molecule has 6 nitrogen and oxygen atoms in total. The fourth-order valence-corrected chi connectivity index (χ4v) is 7.14. The van der Waals surface area contributed by atoms with Gasteiger partial charge in [0.05, 0.1) is 5.39 Å². The van der Waals surface area contributed by atoms with E-state index in [1.807, 2.05) is 23.1 Å². The Morgan fingerprint density at radius 2 is 1.52 bits per heavy atom. The van der Waals surface area contributed by atoms with Crippen LogP contribution in [0.15, 0.2) is 29.1 Å². The number of benzene rings is 1. The van der Waals surface area contributed by atoms with E-state index in [4.69, 9.17) is 0 Å². The summed E-state index contributed by atoms with van der Waals surface area (Å²) in [4.78, 5) is 29.8. The van der Waals surface area contributed by atoms with Gasteiger partial charge in [-0.15, -0.1) is 0 Å². The molecule has 1 saturated heterocycles. The highest BCUT2D eigenvalue weighted by Crippen LogP contribution is 2.55. The number of carbonyl (C=O) groups excluding carboxylic acids is 1. The van der Waals surface area contributed by atoms with E-state index in [9.17, 15) is 9.59 Å². The Morgan fingerprint density at radius 3 is 2.17 bits per heavy atom. The maximum atomic E-state index is 13.2. The molecule has 7 rings (SSSR count). The summed E-state index contributed by atoms with van der Waals surface area (Å²) < 4.78 is 0. The van der Waals surface area contributed by atoms with Crippen molar-refractivity contribution in [1.29, 1.82) is 0 Å². The minimum atomic E-state index is -0.246. The highest BCUT2D eigenvalue weighted by atomic mass is 16.2. The van der Waals surface area contributed by atoms with Crippen LogP contribution in [0.25, 0.3) is 10.8 Å². The van der Waals surface area contributed by atoms with Crippen LogP contribution in [0.5, 0.6) is 0 Å². The van der Waals surface area contributed by atoms with E-state index in [1.54, 1.807) is 6.07 Å². The first-order chi connectivity index (χ1) is 14.2. The maximum absolute atomic E-state index is 13.2. The van der Waals surface area contributed by atoms with Crippen molar-refractivity contribution in [3.63, 3.8) is 0 Å². The average molecular weight is 393 g/mol. The molecule has 152 valence electrons. The summed E-state index contributed by atoms with van der Waals surface area (Å²) in [6.45, 7) is 3.41. The Bertz CT molecular complexity index is 979. The molecule has 0 atom stereocenters. The van der Waals surface area contributed by atoms with Gasteiger partial charge >= 0.3 is 0 Å². The van der Waals surface area contributed by atoms with E-state index >= 15 is 0 Å². The minimum absolute atomic E-state index is 0.0674. The number of hydrogen-bond donors (Lipinski definition) is 1. The Hall–Kier alpha value is -2.21. The van der Waals surface area contributed by atoms with Crippen molar-refractivity contribution in [1.82, 2.24) is 20.0 Å². The first-order valence-electron chi connectivity index (χ1n) is 11.2. The van der Waals surface area contributed by atoms with Gasteiger partial charge in [-0.2, -0.15) is 5.10 Å². The Balaban J connectivity index is 1.18. The topological polar surface area (TPSA) is 69.3 Å². The van der Waals surface area contributed by atoms with Crippen LogP contribution in [0.4, 0.5) is 0 Å². The number of aromatic amines is 1. The van der Waals surface area contributed by atoms with Gasteiger partial charge in [0.15, 0.2) is 5.69 Å². The predicted molar refractivity (Wildman–Crippen MR) is 111 cm³/mol. The summed E-state index contributed by atoms with van der Waals surface area (Å²) in [6, 6.07) is 7.97. The molecule has 0 spiro atoms. The number of piperazine rings is 1. The molecule has 2 heterocycles. The summed E-state index contributed by atoms with van der Waals surface area (Å²) in [5.74, 6) is 3.70. The van der Waals surface area contributed by atoms with E-state index in [2.05, 4.69) is 15.1 Å². The molecule has 4 aliphatic carbocycles. The number of nitrogens with zero attached hydrogens (tertiary/aromatic N) is 3. The lowest BCUT2D eigenvalue weighted by Gasteiger charge is -2.58. The minimum Gasteiger partial charge on any atom is -0.335 e. The molecular formula is C23H28N4O2. The van der Waals surface area contributed by atoms with Gasteiger partial charge in [0.1, 0.15) is 0 Å². The van der Waals surface area contributed by atoms with Gasteiger partial charge in [-0.1, -0.05) is 18.2 Å². The number of aromatic nitrogens is 2. The second-order valence-corrected chi connectivity index (χ2v) is 9.70. The van der Waals surface area contributed by atoms with Crippen LogP contribution in [0.2, 0.25) is 0 Å². The summed E-state index contributed by atoms with van der Waals surface area (Å²) in [5.41, 5.74) is 0.118. The maximum Gasteiger partial charge on any atom is 0.275 e. The molecule has 5 aliphatic rings. The zero-order chi connectivity index (χ0) is 19.5. The first kappa shape index (κ1) is 17.6. The van der Waals surface area contributed by atoms with Crippen LogP contribution in [-0.2, 0) is 0 Å². The van der Waals surface area contributed by atoms with Gasteiger partial charge in [0.25, 0.3) is 11.5 Å². The van der Waals surface area contributed by atoms with Crippen LogP contribution in [0.3, 0.4) is 0 Å². The Morgan fingerprint density at radius 1 is 0.897 bits per heavy atom. The summed E-state index contributed by atoms with van der Waals surface area (Å²) >= 11 is 0. The van der Waals surface area contributed by atoms with E-state index in [0.29, 0.717) is 16.5 Å². The van der Waals surface area contributed by atoms with Crippen LogP contribution in [0, 0.1) is 23.7 Å².